The number of nitrogens with zero attached hydrogens (tertiary/aromatic N) is 3. The van der Waals surface area contributed by atoms with E-state index >= 15 is 0 Å². The molecular formula is C59H37N3S. The number of thiophene rings is 1. The van der Waals surface area contributed by atoms with Gasteiger partial charge in [0.15, 0.2) is 5.82 Å². The minimum absolute atomic E-state index is 0.675. The van der Waals surface area contributed by atoms with Crippen LogP contribution in [0.2, 0.25) is 0 Å². The van der Waals surface area contributed by atoms with Gasteiger partial charge >= 0.3 is 0 Å². The summed E-state index contributed by atoms with van der Waals surface area (Å²) in [6, 6.07) is 79.7. The van der Waals surface area contributed by atoms with E-state index < -0.39 is 0 Å². The van der Waals surface area contributed by atoms with E-state index in [4.69, 9.17) is 15.0 Å². The summed E-state index contributed by atoms with van der Waals surface area (Å²) in [5.41, 5.74) is 14.8. The van der Waals surface area contributed by atoms with E-state index in [1.54, 1.807) is 0 Å². The first kappa shape index (κ1) is 36.8. The summed E-state index contributed by atoms with van der Waals surface area (Å²) in [6.45, 7) is 0. The Balaban J connectivity index is 0.973. The maximum absolute atomic E-state index is 5.56. The molecule has 3 aromatic heterocycles. The van der Waals surface area contributed by atoms with Crippen LogP contribution < -0.4 is 0 Å². The van der Waals surface area contributed by atoms with Crippen molar-refractivity contribution in [2.45, 2.75) is 0 Å². The van der Waals surface area contributed by atoms with Gasteiger partial charge in [-0.05, 0) is 56.8 Å². The van der Waals surface area contributed by atoms with Gasteiger partial charge in [0, 0.05) is 48.7 Å². The van der Waals surface area contributed by atoms with Gasteiger partial charge in [0.05, 0.1) is 27.3 Å². The number of aromatic nitrogens is 3. The highest BCUT2D eigenvalue weighted by molar-refractivity contribution is 7.26. The molecule has 0 atom stereocenters. The van der Waals surface area contributed by atoms with Crippen molar-refractivity contribution in [3.63, 3.8) is 0 Å². The van der Waals surface area contributed by atoms with Gasteiger partial charge in [0.2, 0.25) is 0 Å². The molecule has 12 rings (SSSR count). The molecule has 0 unspecified atom stereocenters. The van der Waals surface area contributed by atoms with Crippen LogP contribution >= 0.6 is 11.3 Å². The summed E-state index contributed by atoms with van der Waals surface area (Å²) >= 11 is 1.83. The number of fused-ring (bicyclic) bond motifs is 6. The molecule has 12 aromatic rings. The first-order valence-electron chi connectivity index (χ1n) is 21.2. The number of hydrogen-bond donors (Lipinski definition) is 0. The molecule has 294 valence electrons. The van der Waals surface area contributed by atoms with Crippen LogP contribution in [-0.4, -0.2) is 15.0 Å². The van der Waals surface area contributed by atoms with Gasteiger partial charge in [-0.15, -0.1) is 11.3 Å². The van der Waals surface area contributed by atoms with Crippen molar-refractivity contribution in [3.8, 4) is 78.5 Å². The zero-order valence-corrected chi connectivity index (χ0v) is 34.9. The summed E-state index contributed by atoms with van der Waals surface area (Å²) in [5, 5.41) is 6.10. The molecule has 0 saturated heterocycles. The van der Waals surface area contributed by atoms with E-state index in [9.17, 15) is 0 Å². The van der Waals surface area contributed by atoms with E-state index in [-0.39, 0.29) is 0 Å². The van der Waals surface area contributed by atoms with E-state index in [1.807, 2.05) is 23.5 Å². The van der Waals surface area contributed by atoms with Crippen molar-refractivity contribution in [2.75, 3.05) is 0 Å². The fourth-order valence-corrected chi connectivity index (χ4v) is 10.1. The van der Waals surface area contributed by atoms with Crippen molar-refractivity contribution >= 4 is 53.2 Å². The van der Waals surface area contributed by atoms with Crippen LogP contribution in [0, 0.1) is 0 Å². The van der Waals surface area contributed by atoms with Crippen LogP contribution in [0.25, 0.3) is 120 Å². The van der Waals surface area contributed by atoms with Gasteiger partial charge in [-0.3, -0.25) is 0 Å². The quantitative estimate of drug-likeness (QED) is 0.161. The van der Waals surface area contributed by atoms with E-state index in [0.29, 0.717) is 5.82 Å². The molecule has 4 heteroatoms. The van der Waals surface area contributed by atoms with Gasteiger partial charge in [-0.2, -0.15) is 0 Å². The summed E-state index contributed by atoms with van der Waals surface area (Å²) < 4.78 is 2.48. The minimum atomic E-state index is 0.675. The van der Waals surface area contributed by atoms with Gasteiger partial charge < -0.3 is 0 Å². The molecule has 0 fully saturated rings. The van der Waals surface area contributed by atoms with Gasteiger partial charge in [-0.1, -0.05) is 206 Å². The Kier molecular flexibility index (Phi) is 9.02. The van der Waals surface area contributed by atoms with Gasteiger partial charge in [-0.25, -0.2) is 15.0 Å². The Morgan fingerprint density at radius 2 is 0.825 bits per heavy atom. The average Bonchev–Trinajstić information content (AvgIpc) is 3.76. The standard InChI is InChI=1S/C59H37N3S/c1-3-12-38(13-4-1)41-22-29-44(30-23-41)52-37-53(45-31-24-42(25-32-45)39-14-5-2-6-15-39)61-59(60-52)46-33-27-43(28-34-46)49-19-11-20-51-55-50-18-9-10-21-54(50)63-58(55)56(62-57(49)51)48-35-26-40-16-7-8-17-47(40)36-48/h1-37H. The van der Waals surface area contributed by atoms with Crippen molar-refractivity contribution in [1.29, 1.82) is 0 Å². The highest BCUT2D eigenvalue weighted by Crippen LogP contribution is 2.45. The Hall–Kier alpha value is -8.05. The monoisotopic (exact) mass is 819 g/mol. The van der Waals surface area contributed by atoms with Crippen LogP contribution in [-0.2, 0) is 0 Å². The van der Waals surface area contributed by atoms with Crippen molar-refractivity contribution in [1.82, 2.24) is 15.0 Å². The molecule has 0 aliphatic carbocycles. The molecule has 3 nitrogen and oxygen atoms in total. The average molecular weight is 820 g/mol. The fourth-order valence-electron chi connectivity index (χ4n) is 8.87. The molecule has 0 radical (unpaired) electrons. The molecule has 0 amide bonds. The highest BCUT2D eigenvalue weighted by Gasteiger charge is 2.19. The van der Waals surface area contributed by atoms with E-state index in [1.165, 1.54) is 53.2 Å². The Morgan fingerprint density at radius 1 is 0.317 bits per heavy atom. The van der Waals surface area contributed by atoms with Crippen molar-refractivity contribution in [3.05, 3.63) is 224 Å². The largest absolute Gasteiger partial charge is 0.246 e. The normalized spacial score (nSPS) is 11.5. The van der Waals surface area contributed by atoms with Crippen LogP contribution in [0.15, 0.2) is 224 Å². The second kappa shape index (κ2) is 15.4. The summed E-state index contributed by atoms with van der Waals surface area (Å²) in [7, 11) is 0. The second-order valence-electron chi connectivity index (χ2n) is 16.0. The maximum Gasteiger partial charge on any atom is 0.160 e. The summed E-state index contributed by atoms with van der Waals surface area (Å²) in [6.07, 6.45) is 0. The summed E-state index contributed by atoms with van der Waals surface area (Å²) in [4.78, 5) is 16.0. The number of benzene rings is 9. The first-order valence-corrected chi connectivity index (χ1v) is 22.1. The predicted molar refractivity (Wildman–Crippen MR) is 266 cm³/mol. The highest BCUT2D eigenvalue weighted by atomic mass is 32.1. The molecule has 0 saturated carbocycles. The van der Waals surface area contributed by atoms with Gasteiger partial charge in [0.1, 0.15) is 0 Å². The smallest absolute Gasteiger partial charge is 0.160 e. The number of para-hydroxylation sites is 1. The molecule has 0 bridgehead atoms. The van der Waals surface area contributed by atoms with Crippen LogP contribution in [0.4, 0.5) is 0 Å². The molecule has 63 heavy (non-hydrogen) atoms. The lowest BCUT2D eigenvalue weighted by atomic mass is 9.96. The number of hydrogen-bond acceptors (Lipinski definition) is 4. The second-order valence-corrected chi connectivity index (χ2v) is 17.0. The Labute approximate surface area is 369 Å². The van der Waals surface area contributed by atoms with E-state index in [0.717, 1.165) is 61.4 Å². The molecule has 0 aliphatic heterocycles. The van der Waals surface area contributed by atoms with Gasteiger partial charge in [0.25, 0.3) is 0 Å². The SMILES string of the molecule is c1ccc(-c2ccc(-c3cc(-c4ccc(-c5ccccc5)cc4)nc(-c4ccc(-c5cccc6c5nc(-c5ccc7ccccc7c5)c5sc7ccccc7c56)cc4)n3)cc2)cc1. The fraction of sp³-hybridized carbons (Fsp3) is 0. The lowest BCUT2D eigenvalue weighted by molar-refractivity contribution is 1.18. The number of rotatable bonds is 7. The molecule has 3 heterocycles. The lowest BCUT2D eigenvalue weighted by Gasteiger charge is -2.13. The van der Waals surface area contributed by atoms with Crippen LogP contribution in [0.1, 0.15) is 0 Å². The topological polar surface area (TPSA) is 38.7 Å². The van der Waals surface area contributed by atoms with Crippen LogP contribution in [0.5, 0.6) is 0 Å². The zero-order chi connectivity index (χ0) is 41.7. The maximum atomic E-state index is 5.56. The summed E-state index contributed by atoms with van der Waals surface area (Å²) in [5.74, 6) is 0.675. The third-order valence-corrected chi connectivity index (χ3v) is 13.3. The Morgan fingerprint density at radius 3 is 1.49 bits per heavy atom. The minimum Gasteiger partial charge on any atom is -0.246 e. The van der Waals surface area contributed by atoms with Crippen molar-refractivity contribution in [2.24, 2.45) is 0 Å². The Bertz CT molecular complexity index is 3530. The van der Waals surface area contributed by atoms with Crippen molar-refractivity contribution < 1.29 is 0 Å². The lowest BCUT2D eigenvalue weighted by Crippen LogP contribution is -1.96. The molecule has 9 aromatic carbocycles. The van der Waals surface area contributed by atoms with E-state index in [2.05, 4.69) is 212 Å². The molecule has 0 aliphatic rings. The zero-order valence-electron chi connectivity index (χ0n) is 34.1. The first-order chi connectivity index (χ1) is 31.2. The third-order valence-electron chi connectivity index (χ3n) is 12.1. The molecule has 0 spiro atoms. The molecule has 0 N–H and O–H groups in total. The predicted octanol–water partition coefficient (Wildman–Crippen LogP) is 16.2. The third kappa shape index (κ3) is 6.74. The number of pyridine rings is 1. The molecular weight excluding hydrogens is 783 g/mol. The van der Waals surface area contributed by atoms with Crippen LogP contribution in [0.3, 0.4) is 0 Å².